The molecule has 6 N–H and O–H groups in total. The van der Waals surface area contributed by atoms with Gasteiger partial charge in [-0.3, -0.25) is 0 Å². The van der Waals surface area contributed by atoms with Crippen molar-refractivity contribution in [1.82, 2.24) is 5.48 Å². The second-order valence-electron chi connectivity index (χ2n) is 1.53. The van der Waals surface area contributed by atoms with Gasteiger partial charge in [0, 0.05) is 13.1 Å². The molecule has 0 heterocycles. The molecule has 0 aromatic rings. The Morgan fingerprint density at radius 2 is 2.10 bits per heavy atom. The predicted molar refractivity (Wildman–Crippen MR) is 39.3 cm³/mol. The molecule has 0 radical (unpaired) electrons. The third-order valence-electron chi connectivity index (χ3n) is 0.655. The number of hydrogen-bond acceptors (Lipinski definition) is 5. The maximum Gasteiger partial charge on any atom is 0.0679 e. The lowest BCUT2D eigenvalue weighted by atomic mass is 10.5. The second-order valence-corrected chi connectivity index (χ2v) is 1.53. The Hall–Kier alpha value is -0.200. The first-order valence-corrected chi connectivity index (χ1v) is 3.22. The lowest BCUT2D eigenvalue weighted by Gasteiger charge is -2.00. The van der Waals surface area contributed by atoms with Crippen LogP contribution in [-0.4, -0.2) is 24.9 Å². The van der Waals surface area contributed by atoms with Crippen LogP contribution in [0.15, 0.2) is 0 Å². The van der Waals surface area contributed by atoms with E-state index in [9.17, 15) is 0 Å². The zero-order valence-corrected chi connectivity index (χ0v) is 6.34. The number of hydrogen-bond donors (Lipinski definition) is 4. The molecule has 0 aliphatic rings. The first-order valence-electron chi connectivity index (χ1n) is 3.22. The van der Waals surface area contributed by atoms with E-state index in [4.69, 9.17) is 15.8 Å². The molecule has 0 aromatic heterocycles. The summed E-state index contributed by atoms with van der Waals surface area (Å²) in [5, 5.41) is 6.50. The zero-order valence-electron chi connectivity index (χ0n) is 6.34. The summed E-state index contributed by atoms with van der Waals surface area (Å²) >= 11 is 0. The molecule has 0 amide bonds. The Bertz CT molecular complexity index is 39.9. The third kappa shape index (κ3) is 15.7. The molecule has 0 bridgehead atoms. The average Bonchev–Trinajstić information content (AvgIpc) is 2.02. The highest BCUT2D eigenvalue weighted by atomic mass is 16.6. The van der Waals surface area contributed by atoms with Gasteiger partial charge in [-0.2, -0.15) is 0 Å². The average molecular weight is 151 g/mol. The minimum atomic E-state index is 0.629. The summed E-state index contributed by atoms with van der Waals surface area (Å²) in [7, 11) is 0. The quantitative estimate of drug-likeness (QED) is 0.305. The van der Waals surface area contributed by atoms with Crippen LogP contribution in [0.4, 0.5) is 0 Å². The van der Waals surface area contributed by atoms with E-state index in [2.05, 4.69) is 18.3 Å². The molecule has 5 nitrogen and oxygen atoms in total. The van der Waals surface area contributed by atoms with Crippen LogP contribution in [0.25, 0.3) is 0 Å². The van der Waals surface area contributed by atoms with Gasteiger partial charge in [0.25, 0.3) is 0 Å². The SMILES string of the molecule is CCCONCCN.NO. The van der Waals surface area contributed by atoms with Crippen molar-refractivity contribution < 1.29 is 10.0 Å². The van der Waals surface area contributed by atoms with Gasteiger partial charge in [0.2, 0.25) is 0 Å². The second kappa shape index (κ2) is 15.9. The maximum absolute atomic E-state index is 6.50. The van der Waals surface area contributed by atoms with E-state index in [1.54, 1.807) is 0 Å². The lowest BCUT2D eigenvalue weighted by molar-refractivity contribution is 0.0437. The minimum absolute atomic E-state index is 0.629. The van der Waals surface area contributed by atoms with Crippen LogP contribution >= 0.6 is 0 Å². The Balaban J connectivity index is 0. The molecule has 0 spiro atoms. The Morgan fingerprint density at radius 3 is 2.50 bits per heavy atom. The molecule has 0 aliphatic heterocycles. The standard InChI is InChI=1S/C5H14N2O.H3NO/c1-2-5-8-7-4-3-6;1-2/h7H,2-6H2,1H3;2H,1H2. The molecule has 0 rings (SSSR count). The molecule has 0 atom stereocenters. The summed E-state index contributed by atoms with van der Waals surface area (Å²) in [6, 6.07) is 0. The molecular formula is C5H17N3O2. The van der Waals surface area contributed by atoms with Crippen LogP contribution in [0, 0.1) is 0 Å². The molecule has 10 heavy (non-hydrogen) atoms. The van der Waals surface area contributed by atoms with E-state index in [-0.39, 0.29) is 0 Å². The van der Waals surface area contributed by atoms with E-state index >= 15 is 0 Å². The number of nitrogens with two attached hydrogens (primary N) is 2. The zero-order chi connectivity index (χ0) is 8.24. The summed E-state index contributed by atoms with van der Waals surface area (Å²) in [6.07, 6.45) is 1.04. The van der Waals surface area contributed by atoms with Crippen LogP contribution in [0.1, 0.15) is 13.3 Å². The van der Waals surface area contributed by atoms with Gasteiger partial charge in [-0.05, 0) is 6.42 Å². The summed E-state index contributed by atoms with van der Waals surface area (Å²) in [4.78, 5) is 4.89. The Labute approximate surface area is 61.3 Å². The van der Waals surface area contributed by atoms with Gasteiger partial charge in [-0.1, -0.05) is 6.92 Å². The highest BCUT2D eigenvalue weighted by Gasteiger charge is 1.79. The van der Waals surface area contributed by atoms with Gasteiger partial charge < -0.3 is 15.8 Å². The van der Waals surface area contributed by atoms with Crippen molar-refractivity contribution in [2.45, 2.75) is 13.3 Å². The van der Waals surface area contributed by atoms with Crippen molar-refractivity contribution >= 4 is 0 Å². The molecule has 0 saturated heterocycles. The van der Waals surface area contributed by atoms with Gasteiger partial charge in [-0.15, -0.1) is 0 Å². The highest BCUT2D eigenvalue weighted by Crippen LogP contribution is 1.72. The lowest BCUT2D eigenvalue weighted by Crippen LogP contribution is -2.22. The van der Waals surface area contributed by atoms with Crippen molar-refractivity contribution in [3.05, 3.63) is 0 Å². The van der Waals surface area contributed by atoms with E-state index in [1.165, 1.54) is 0 Å². The third-order valence-corrected chi connectivity index (χ3v) is 0.655. The van der Waals surface area contributed by atoms with E-state index in [0.29, 0.717) is 6.54 Å². The molecule has 0 aliphatic carbocycles. The van der Waals surface area contributed by atoms with Crippen LogP contribution in [-0.2, 0) is 4.84 Å². The smallest absolute Gasteiger partial charge is 0.0679 e. The number of nitrogens with one attached hydrogen (secondary N) is 1. The van der Waals surface area contributed by atoms with Gasteiger partial charge in [0.15, 0.2) is 0 Å². The monoisotopic (exact) mass is 151 g/mol. The number of hydroxylamine groups is 1. The van der Waals surface area contributed by atoms with E-state index in [1.807, 2.05) is 0 Å². The predicted octanol–water partition coefficient (Wildman–Crippen LogP) is -0.789. The fourth-order valence-corrected chi connectivity index (χ4v) is 0.305. The van der Waals surface area contributed by atoms with Crippen LogP contribution in [0.5, 0.6) is 0 Å². The molecule has 0 saturated carbocycles. The number of rotatable bonds is 5. The normalized spacial score (nSPS) is 8.40. The van der Waals surface area contributed by atoms with Crippen molar-refractivity contribution in [1.29, 1.82) is 0 Å². The van der Waals surface area contributed by atoms with Gasteiger partial charge in [0.05, 0.1) is 6.61 Å². The molecule has 0 aromatic carbocycles. The Morgan fingerprint density at radius 1 is 1.50 bits per heavy atom. The fourth-order valence-electron chi connectivity index (χ4n) is 0.305. The van der Waals surface area contributed by atoms with Gasteiger partial charge in [0.1, 0.15) is 0 Å². The molecule has 0 unspecified atom stereocenters. The maximum atomic E-state index is 6.50. The first kappa shape index (κ1) is 12.5. The van der Waals surface area contributed by atoms with Crippen LogP contribution in [0.3, 0.4) is 0 Å². The van der Waals surface area contributed by atoms with Gasteiger partial charge in [-0.25, -0.2) is 11.4 Å². The van der Waals surface area contributed by atoms with Crippen molar-refractivity contribution in [2.75, 3.05) is 19.7 Å². The molecule has 64 valence electrons. The van der Waals surface area contributed by atoms with Crippen molar-refractivity contribution in [3.63, 3.8) is 0 Å². The minimum Gasteiger partial charge on any atom is -0.329 e. The largest absolute Gasteiger partial charge is 0.329 e. The van der Waals surface area contributed by atoms with E-state index < -0.39 is 0 Å². The van der Waals surface area contributed by atoms with Crippen LogP contribution < -0.4 is 17.1 Å². The van der Waals surface area contributed by atoms with Crippen molar-refractivity contribution in [3.8, 4) is 0 Å². The Kier molecular flexibility index (Phi) is 19.9. The first-order chi connectivity index (χ1) is 4.91. The fraction of sp³-hybridized carbons (Fsp3) is 1.00. The molecule has 5 heteroatoms. The summed E-state index contributed by atoms with van der Waals surface area (Å²) in [6.45, 7) is 4.19. The topological polar surface area (TPSA) is 93.5 Å². The summed E-state index contributed by atoms with van der Waals surface area (Å²) in [5.41, 5.74) is 7.88. The van der Waals surface area contributed by atoms with E-state index in [0.717, 1.165) is 19.6 Å². The summed E-state index contributed by atoms with van der Waals surface area (Å²) in [5.74, 6) is 3.50. The van der Waals surface area contributed by atoms with Gasteiger partial charge >= 0.3 is 0 Å². The molecule has 0 fully saturated rings. The molecular weight excluding hydrogens is 134 g/mol. The van der Waals surface area contributed by atoms with Crippen molar-refractivity contribution in [2.24, 2.45) is 11.6 Å². The van der Waals surface area contributed by atoms with Crippen LogP contribution in [0.2, 0.25) is 0 Å². The highest BCUT2D eigenvalue weighted by molar-refractivity contribution is 4.31. The summed E-state index contributed by atoms with van der Waals surface area (Å²) < 4.78 is 0.